The first-order valence-electron chi connectivity index (χ1n) is 6.25. The minimum atomic E-state index is -0.847. The molecule has 0 unspecified atom stereocenters. The lowest BCUT2D eigenvalue weighted by molar-refractivity contribution is -0.141. The van der Waals surface area contributed by atoms with Crippen molar-refractivity contribution >= 4 is 33.6 Å². The van der Waals surface area contributed by atoms with Gasteiger partial charge in [-0.1, -0.05) is 0 Å². The molecule has 1 fully saturated rings. The molecule has 1 aliphatic rings. The van der Waals surface area contributed by atoms with E-state index in [1.165, 1.54) is 0 Å². The Morgan fingerprint density at radius 2 is 2.20 bits per heavy atom. The minimum Gasteiger partial charge on any atom is -0.481 e. The van der Waals surface area contributed by atoms with Crippen LogP contribution in [0.2, 0.25) is 0 Å². The summed E-state index contributed by atoms with van der Waals surface area (Å²) in [6, 6.07) is 1.72. The quantitative estimate of drug-likeness (QED) is 0.900. The first kappa shape index (κ1) is 14.8. The summed E-state index contributed by atoms with van der Waals surface area (Å²) in [4.78, 5) is 31.1. The van der Waals surface area contributed by atoms with Gasteiger partial charge in [-0.05, 0) is 28.4 Å². The van der Waals surface area contributed by atoms with Gasteiger partial charge in [0.25, 0.3) is 5.91 Å². The second kappa shape index (κ2) is 5.78. The predicted octanol–water partition coefficient (Wildman–Crippen LogP) is 1.46. The molecule has 1 aromatic rings. The van der Waals surface area contributed by atoms with Crippen LogP contribution in [0, 0.1) is 5.92 Å². The second-order valence-corrected chi connectivity index (χ2v) is 5.91. The van der Waals surface area contributed by atoms with Crippen LogP contribution in [-0.2, 0) is 4.79 Å². The van der Waals surface area contributed by atoms with Crippen LogP contribution >= 0.6 is 15.9 Å². The number of rotatable bonds is 3. The number of hydrogen-bond donors (Lipinski definition) is 1. The lowest BCUT2D eigenvalue weighted by Gasteiger charge is -2.20. The molecule has 1 atom stereocenters. The van der Waals surface area contributed by atoms with Gasteiger partial charge in [-0.25, -0.2) is 4.98 Å². The van der Waals surface area contributed by atoms with Gasteiger partial charge >= 0.3 is 5.97 Å². The smallest absolute Gasteiger partial charge is 0.308 e. The predicted molar refractivity (Wildman–Crippen MR) is 77.9 cm³/mol. The number of anilines is 1. The van der Waals surface area contributed by atoms with E-state index < -0.39 is 11.9 Å². The minimum absolute atomic E-state index is 0.175. The highest BCUT2D eigenvalue weighted by atomic mass is 79.9. The molecule has 2 heterocycles. The van der Waals surface area contributed by atoms with Crippen molar-refractivity contribution in [2.24, 2.45) is 5.92 Å². The number of likely N-dealkylation sites (tertiary alicyclic amines) is 1. The molecule has 1 aromatic heterocycles. The van der Waals surface area contributed by atoms with E-state index in [2.05, 4.69) is 20.9 Å². The Bertz CT molecular complexity index is 548. The molecule has 108 valence electrons. The van der Waals surface area contributed by atoms with E-state index in [1.54, 1.807) is 22.1 Å². The van der Waals surface area contributed by atoms with Crippen LogP contribution < -0.4 is 4.90 Å². The van der Waals surface area contributed by atoms with Crippen molar-refractivity contribution in [1.29, 1.82) is 0 Å². The monoisotopic (exact) mass is 341 g/mol. The number of aromatic nitrogens is 1. The molecular formula is C13H16BrN3O3. The first-order valence-corrected chi connectivity index (χ1v) is 7.04. The Kier molecular flexibility index (Phi) is 4.27. The van der Waals surface area contributed by atoms with Crippen LogP contribution in [-0.4, -0.2) is 54.1 Å². The van der Waals surface area contributed by atoms with Crippen LogP contribution in [0.15, 0.2) is 16.7 Å². The van der Waals surface area contributed by atoms with Crippen LogP contribution in [0.25, 0.3) is 0 Å². The topological polar surface area (TPSA) is 73.7 Å². The summed E-state index contributed by atoms with van der Waals surface area (Å²) in [5.74, 6) is -0.911. The summed E-state index contributed by atoms with van der Waals surface area (Å²) in [7, 11) is 3.63. The van der Waals surface area contributed by atoms with Gasteiger partial charge in [-0.2, -0.15) is 0 Å². The maximum atomic E-state index is 12.5. The van der Waals surface area contributed by atoms with Crippen molar-refractivity contribution in [3.8, 4) is 0 Å². The molecule has 0 saturated carbocycles. The molecule has 20 heavy (non-hydrogen) atoms. The number of pyridine rings is 1. The Hall–Kier alpha value is -1.63. The summed E-state index contributed by atoms with van der Waals surface area (Å²) in [5, 5.41) is 9.00. The van der Waals surface area contributed by atoms with Crippen LogP contribution in [0.4, 0.5) is 5.82 Å². The van der Waals surface area contributed by atoms with Gasteiger partial charge in [0.05, 0.1) is 11.5 Å². The van der Waals surface area contributed by atoms with Gasteiger partial charge in [-0.15, -0.1) is 0 Å². The standard InChI is InChI=1S/C13H16BrN3O3/c1-16(2)11-10(5-9(14)6-15-11)12(18)17-4-3-8(7-17)13(19)20/h5-6,8H,3-4,7H2,1-2H3,(H,19,20)/t8-/m1/s1. The fraction of sp³-hybridized carbons (Fsp3) is 0.462. The van der Waals surface area contributed by atoms with Crippen molar-refractivity contribution in [3.05, 3.63) is 22.3 Å². The SMILES string of the molecule is CN(C)c1ncc(Br)cc1C(=O)N1CC[C@@H](C(=O)O)C1. The maximum absolute atomic E-state index is 12.5. The Labute approximate surface area is 125 Å². The van der Waals surface area contributed by atoms with Crippen molar-refractivity contribution in [3.63, 3.8) is 0 Å². The highest BCUT2D eigenvalue weighted by Crippen LogP contribution is 2.25. The summed E-state index contributed by atoms with van der Waals surface area (Å²) < 4.78 is 0.723. The highest BCUT2D eigenvalue weighted by molar-refractivity contribution is 9.10. The molecular weight excluding hydrogens is 326 g/mol. The maximum Gasteiger partial charge on any atom is 0.308 e. The third kappa shape index (κ3) is 2.92. The lowest BCUT2D eigenvalue weighted by atomic mass is 10.1. The largest absolute Gasteiger partial charge is 0.481 e. The van der Waals surface area contributed by atoms with E-state index in [9.17, 15) is 9.59 Å². The molecule has 1 N–H and O–H groups in total. The molecule has 0 aromatic carbocycles. The van der Waals surface area contributed by atoms with Crippen molar-refractivity contribution in [2.75, 3.05) is 32.1 Å². The van der Waals surface area contributed by atoms with Crippen molar-refractivity contribution < 1.29 is 14.7 Å². The Morgan fingerprint density at radius 1 is 1.50 bits per heavy atom. The third-order valence-corrected chi connectivity index (χ3v) is 3.75. The van der Waals surface area contributed by atoms with E-state index >= 15 is 0 Å². The van der Waals surface area contributed by atoms with E-state index in [1.807, 2.05) is 14.1 Å². The first-order chi connectivity index (χ1) is 9.40. The zero-order valence-corrected chi connectivity index (χ0v) is 12.9. The zero-order valence-electron chi connectivity index (χ0n) is 11.3. The number of amides is 1. The molecule has 7 heteroatoms. The Balaban J connectivity index is 2.26. The van der Waals surface area contributed by atoms with Gasteiger partial charge in [-0.3, -0.25) is 9.59 Å². The number of carboxylic acids is 1. The number of carbonyl (C=O) groups excluding carboxylic acids is 1. The summed E-state index contributed by atoms with van der Waals surface area (Å²) in [6.45, 7) is 0.725. The molecule has 0 bridgehead atoms. The van der Waals surface area contributed by atoms with Crippen LogP contribution in [0.5, 0.6) is 0 Å². The van der Waals surface area contributed by atoms with Gasteiger partial charge in [0.2, 0.25) is 0 Å². The summed E-state index contributed by atoms with van der Waals surface area (Å²) in [5.41, 5.74) is 0.482. The number of halogens is 1. The van der Waals surface area contributed by atoms with E-state index in [4.69, 9.17) is 5.11 Å². The second-order valence-electron chi connectivity index (χ2n) is 4.99. The van der Waals surface area contributed by atoms with Crippen LogP contribution in [0.3, 0.4) is 0 Å². The number of carboxylic acid groups (broad SMARTS) is 1. The molecule has 0 aliphatic carbocycles. The zero-order chi connectivity index (χ0) is 14.9. The third-order valence-electron chi connectivity index (χ3n) is 3.31. The molecule has 0 radical (unpaired) electrons. The van der Waals surface area contributed by atoms with Gasteiger partial charge in [0.1, 0.15) is 5.82 Å². The number of nitrogens with zero attached hydrogens (tertiary/aromatic N) is 3. The van der Waals surface area contributed by atoms with Gasteiger partial charge < -0.3 is 14.9 Å². The van der Waals surface area contributed by atoms with Crippen molar-refractivity contribution in [1.82, 2.24) is 9.88 Å². The molecule has 1 saturated heterocycles. The summed E-state index contributed by atoms with van der Waals surface area (Å²) >= 11 is 3.31. The van der Waals surface area contributed by atoms with Gasteiger partial charge in [0, 0.05) is 37.9 Å². The fourth-order valence-corrected chi connectivity index (χ4v) is 2.59. The average Bonchev–Trinajstić information content (AvgIpc) is 2.87. The molecule has 1 aliphatic heterocycles. The molecule has 6 nitrogen and oxygen atoms in total. The summed E-state index contributed by atoms with van der Waals surface area (Å²) in [6.07, 6.45) is 2.13. The van der Waals surface area contributed by atoms with E-state index in [0.29, 0.717) is 24.3 Å². The van der Waals surface area contributed by atoms with E-state index in [0.717, 1.165) is 4.47 Å². The molecule has 0 spiro atoms. The van der Waals surface area contributed by atoms with Crippen LogP contribution in [0.1, 0.15) is 16.8 Å². The number of hydrogen-bond acceptors (Lipinski definition) is 4. The van der Waals surface area contributed by atoms with Gasteiger partial charge in [0.15, 0.2) is 0 Å². The lowest BCUT2D eigenvalue weighted by Crippen LogP contribution is -2.31. The highest BCUT2D eigenvalue weighted by Gasteiger charge is 2.32. The Morgan fingerprint density at radius 3 is 2.75 bits per heavy atom. The van der Waals surface area contributed by atoms with Crippen molar-refractivity contribution in [2.45, 2.75) is 6.42 Å². The average molecular weight is 342 g/mol. The molecule has 1 amide bonds. The normalized spacial score (nSPS) is 18.1. The van der Waals surface area contributed by atoms with E-state index in [-0.39, 0.29) is 12.5 Å². The molecule has 2 rings (SSSR count). The fourth-order valence-electron chi connectivity index (χ4n) is 2.26. The number of aliphatic carboxylic acids is 1. The number of carbonyl (C=O) groups is 2.